The first-order valence-corrected chi connectivity index (χ1v) is 7.64. The Morgan fingerprint density at radius 2 is 2.33 bits per heavy atom. The van der Waals surface area contributed by atoms with E-state index in [2.05, 4.69) is 22.5 Å². The maximum Gasteiger partial charge on any atom is 0.106 e. The molecule has 4 heteroatoms. The van der Waals surface area contributed by atoms with Crippen LogP contribution in [0.15, 0.2) is 5.38 Å². The van der Waals surface area contributed by atoms with E-state index in [9.17, 15) is 0 Å². The predicted molar refractivity (Wildman–Crippen MR) is 66.4 cm³/mol. The van der Waals surface area contributed by atoms with Gasteiger partial charge in [0.25, 0.3) is 0 Å². The summed E-state index contributed by atoms with van der Waals surface area (Å²) in [4.78, 5) is 4.73. The largest absolute Gasteiger partial charge is 0.308 e. The maximum absolute atomic E-state index is 4.73. The molecule has 1 N–H and O–H groups in total. The number of nitrogens with zero attached hydrogens (tertiary/aromatic N) is 1. The van der Waals surface area contributed by atoms with E-state index in [-0.39, 0.29) is 0 Å². The lowest BCUT2D eigenvalue weighted by Crippen LogP contribution is -2.15. The molecular weight excluding hydrogens is 224 g/mol. The molecule has 1 aliphatic heterocycles. The second-order valence-corrected chi connectivity index (χ2v) is 6.53. The minimum atomic E-state index is 0.699. The summed E-state index contributed by atoms with van der Waals surface area (Å²) in [5, 5.41) is 7.79. The van der Waals surface area contributed by atoms with Gasteiger partial charge in [0.15, 0.2) is 0 Å². The van der Waals surface area contributed by atoms with Crippen LogP contribution in [0.4, 0.5) is 0 Å². The van der Waals surface area contributed by atoms with Crippen LogP contribution >= 0.6 is 23.1 Å². The lowest BCUT2D eigenvalue weighted by atomic mass is 10.3. The van der Waals surface area contributed by atoms with Crippen molar-refractivity contribution in [2.24, 2.45) is 0 Å². The average Bonchev–Trinajstić information content (AvgIpc) is 2.78. The van der Waals surface area contributed by atoms with Crippen LogP contribution in [0.2, 0.25) is 0 Å². The number of thioether (sulfide) groups is 1. The SMILES string of the molecule is c1sc(C2CCCS2)nc1CNC1CC1. The van der Waals surface area contributed by atoms with Gasteiger partial charge in [0.2, 0.25) is 0 Å². The Labute approximate surface area is 98.9 Å². The van der Waals surface area contributed by atoms with Gasteiger partial charge in [0, 0.05) is 18.0 Å². The molecule has 0 aromatic carbocycles. The summed E-state index contributed by atoms with van der Waals surface area (Å²) in [6, 6.07) is 0.788. The first kappa shape index (κ1) is 10.1. The van der Waals surface area contributed by atoms with Crippen molar-refractivity contribution in [1.82, 2.24) is 10.3 Å². The number of hydrogen-bond donors (Lipinski definition) is 1. The summed E-state index contributed by atoms with van der Waals surface area (Å²) in [5.74, 6) is 1.32. The van der Waals surface area contributed by atoms with Gasteiger partial charge in [-0.1, -0.05) is 0 Å². The van der Waals surface area contributed by atoms with Crippen molar-refractivity contribution < 1.29 is 0 Å². The maximum atomic E-state index is 4.73. The molecule has 1 saturated heterocycles. The third kappa shape index (κ3) is 2.55. The topological polar surface area (TPSA) is 24.9 Å². The fraction of sp³-hybridized carbons (Fsp3) is 0.727. The molecule has 1 aromatic rings. The molecule has 2 fully saturated rings. The fourth-order valence-corrected chi connectivity index (χ4v) is 4.21. The van der Waals surface area contributed by atoms with Crippen molar-refractivity contribution in [2.75, 3.05) is 5.75 Å². The van der Waals surface area contributed by atoms with Crippen molar-refractivity contribution in [3.05, 3.63) is 16.1 Å². The van der Waals surface area contributed by atoms with Crippen LogP contribution in [-0.4, -0.2) is 16.8 Å². The molecule has 1 atom stereocenters. The first-order chi connectivity index (χ1) is 7.42. The molecule has 2 aliphatic rings. The molecule has 0 spiro atoms. The van der Waals surface area contributed by atoms with Crippen molar-refractivity contribution in [1.29, 1.82) is 0 Å². The Morgan fingerprint density at radius 1 is 1.40 bits per heavy atom. The van der Waals surface area contributed by atoms with Crippen LogP contribution in [0.1, 0.15) is 41.6 Å². The van der Waals surface area contributed by atoms with Crippen LogP contribution in [0.3, 0.4) is 0 Å². The van der Waals surface area contributed by atoms with Crippen molar-refractivity contribution >= 4 is 23.1 Å². The lowest BCUT2D eigenvalue weighted by molar-refractivity contribution is 0.674. The highest BCUT2D eigenvalue weighted by atomic mass is 32.2. The highest BCUT2D eigenvalue weighted by Crippen LogP contribution is 2.40. The number of thiazole rings is 1. The van der Waals surface area contributed by atoms with Gasteiger partial charge in [-0.3, -0.25) is 0 Å². The molecule has 2 nitrogen and oxygen atoms in total. The molecule has 0 amide bonds. The Balaban J connectivity index is 1.59. The Hall–Kier alpha value is -0.0600. The van der Waals surface area contributed by atoms with E-state index in [1.807, 2.05) is 11.3 Å². The van der Waals surface area contributed by atoms with Crippen LogP contribution < -0.4 is 5.32 Å². The average molecular weight is 240 g/mol. The Morgan fingerprint density at radius 3 is 3.07 bits per heavy atom. The molecule has 1 aromatic heterocycles. The normalized spacial score (nSPS) is 26.0. The monoisotopic (exact) mass is 240 g/mol. The predicted octanol–water partition coefficient (Wildman–Crippen LogP) is 2.96. The number of nitrogens with one attached hydrogen (secondary N) is 1. The first-order valence-electron chi connectivity index (χ1n) is 5.71. The van der Waals surface area contributed by atoms with E-state index in [1.165, 1.54) is 42.1 Å². The zero-order valence-corrected chi connectivity index (χ0v) is 10.4. The minimum Gasteiger partial charge on any atom is -0.308 e. The molecular formula is C11H16N2S2. The van der Waals surface area contributed by atoms with Crippen LogP contribution in [-0.2, 0) is 6.54 Å². The lowest BCUT2D eigenvalue weighted by Gasteiger charge is -2.02. The minimum absolute atomic E-state index is 0.699. The Bertz CT molecular complexity index is 327. The van der Waals surface area contributed by atoms with E-state index in [0.29, 0.717) is 5.25 Å². The second-order valence-electron chi connectivity index (χ2n) is 4.33. The molecule has 0 bridgehead atoms. The summed E-state index contributed by atoms with van der Waals surface area (Å²) in [7, 11) is 0. The van der Waals surface area contributed by atoms with Gasteiger partial charge in [-0.05, 0) is 31.4 Å². The van der Waals surface area contributed by atoms with E-state index >= 15 is 0 Å². The van der Waals surface area contributed by atoms with Gasteiger partial charge in [0.05, 0.1) is 10.9 Å². The number of hydrogen-bond acceptors (Lipinski definition) is 4. The van der Waals surface area contributed by atoms with Crippen LogP contribution in [0, 0.1) is 0 Å². The third-order valence-electron chi connectivity index (χ3n) is 2.92. The van der Waals surface area contributed by atoms with E-state index in [4.69, 9.17) is 4.98 Å². The van der Waals surface area contributed by atoms with E-state index in [0.717, 1.165) is 12.6 Å². The molecule has 0 radical (unpaired) electrons. The standard InChI is InChI=1S/C11H16N2S2/c1-2-10(14-5-1)11-13-9(7-15-11)6-12-8-3-4-8/h7-8,10,12H,1-6H2. The summed E-state index contributed by atoms with van der Waals surface area (Å²) >= 11 is 3.92. The van der Waals surface area contributed by atoms with Crippen molar-refractivity contribution in [3.8, 4) is 0 Å². The molecule has 3 rings (SSSR count). The second kappa shape index (κ2) is 4.44. The summed E-state index contributed by atoms with van der Waals surface area (Å²) in [5.41, 5.74) is 1.24. The third-order valence-corrected chi connectivity index (χ3v) is 5.47. The molecule has 1 aliphatic carbocycles. The number of rotatable bonds is 4. The highest BCUT2D eigenvalue weighted by Gasteiger charge is 2.22. The Kier molecular flexibility index (Phi) is 2.99. The van der Waals surface area contributed by atoms with Crippen molar-refractivity contribution in [2.45, 2.75) is 43.5 Å². The molecule has 1 unspecified atom stereocenters. The summed E-state index contributed by atoms with van der Waals surface area (Å²) < 4.78 is 0. The van der Waals surface area contributed by atoms with Crippen LogP contribution in [0.5, 0.6) is 0 Å². The van der Waals surface area contributed by atoms with Gasteiger partial charge in [0.1, 0.15) is 5.01 Å². The molecule has 1 saturated carbocycles. The molecule has 2 heterocycles. The zero-order chi connectivity index (χ0) is 10.1. The smallest absolute Gasteiger partial charge is 0.106 e. The highest BCUT2D eigenvalue weighted by molar-refractivity contribution is 7.99. The van der Waals surface area contributed by atoms with Crippen LogP contribution in [0.25, 0.3) is 0 Å². The zero-order valence-electron chi connectivity index (χ0n) is 8.74. The van der Waals surface area contributed by atoms with E-state index in [1.54, 1.807) is 0 Å². The van der Waals surface area contributed by atoms with Crippen molar-refractivity contribution in [3.63, 3.8) is 0 Å². The number of aromatic nitrogens is 1. The van der Waals surface area contributed by atoms with Gasteiger partial charge < -0.3 is 5.32 Å². The molecule has 82 valence electrons. The van der Waals surface area contributed by atoms with Gasteiger partial charge in [-0.2, -0.15) is 11.8 Å². The van der Waals surface area contributed by atoms with E-state index < -0.39 is 0 Å². The van der Waals surface area contributed by atoms with Gasteiger partial charge >= 0.3 is 0 Å². The fourth-order valence-electron chi connectivity index (χ4n) is 1.86. The quantitative estimate of drug-likeness (QED) is 0.876. The summed E-state index contributed by atoms with van der Waals surface area (Å²) in [6.07, 6.45) is 5.41. The summed E-state index contributed by atoms with van der Waals surface area (Å²) in [6.45, 7) is 0.971. The molecule has 15 heavy (non-hydrogen) atoms. The van der Waals surface area contributed by atoms with Gasteiger partial charge in [-0.25, -0.2) is 4.98 Å². The van der Waals surface area contributed by atoms with Gasteiger partial charge in [-0.15, -0.1) is 11.3 Å².